The normalized spacial score (nSPS) is 19.7. The minimum Gasteiger partial charge on any atom is -0.391 e. The Balaban J connectivity index is 2.01. The van der Waals surface area contributed by atoms with Gasteiger partial charge in [0.05, 0.1) is 6.10 Å². The summed E-state index contributed by atoms with van der Waals surface area (Å²) in [5.41, 5.74) is 2.05. The number of carbonyl (C=O) groups is 4. The second kappa shape index (κ2) is 11.8. The summed E-state index contributed by atoms with van der Waals surface area (Å²) in [5, 5.41) is 18.2. The summed E-state index contributed by atoms with van der Waals surface area (Å²) in [6.07, 6.45) is -0.257. The van der Waals surface area contributed by atoms with Crippen LogP contribution in [0.1, 0.15) is 51.7 Å². The average Bonchev–Trinajstić information content (AvgIpc) is 3.13. The van der Waals surface area contributed by atoms with Gasteiger partial charge >= 0.3 is 0 Å². The van der Waals surface area contributed by atoms with Crippen LogP contribution in [-0.4, -0.2) is 64.4 Å². The van der Waals surface area contributed by atoms with Crippen molar-refractivity contribution in [1.29, 1.82) is 0 Å². The number of hydrogen-bond donors (Lipinski definition) is 4. The molecule has 1 aromatic rings. The Morgan fingerprint density at radius 1 is 1.09 bits per heavy atom. The molecule has 0 radical (unpaired) electrons. The van der Waals surface area contributed by atoms with Crippen LogP contribution < -0.4 is 16.0 Å². The van der Waals surface area contributed by atoms with Gasteiger partial charge in [-0.2, -0.15) is 0 Å². The maximum Gasteiger partial charge on any atom is 0.245 e. The Labute approximate surface area is 195 Å². The van der Waals surface area contributed by atoms with E-state index in [1.54, 1.807) is 0 Å². The van der Waals surface area contributed by atoms with Gasteiger partial charge in [-0.25, -0.2) is 0 Å². The number of benzene rings is 1. The van der Waals surface area contributed by atoms with E-state index in [4.69, 9.17) is 0 Å². The highest BCUT2D eigenvalue weighted by Crippen LogP contribution is 2.20. The van der Waals surface area contributed by atoms with Crippen molar-refractivity contribution in [3.8, 4) is 0 Å². The van der Waals surface area contributed by atoms with Gasteiger partial charge < -0.3 is 26.0 Å². The molecule has 0 unspecified atom stereocenters. The van der Waals surface area contributed by atoms with E-state index in [0.717, 1.165) is 11.1 Å². The lowest BCUT2D eigenvalue weighted by Crippen LogP contribution is -2.55. The summed E-state index contributed by atoms with van der Waals surface area (Å²) in [5.74, 6) is -1.44. The number of aryl methyl sites for hydroxylation is 1. The first-order valence-electron chi connectivity index (χ1n) is 11.4. The van der Waals surface area contributed by atoms with Crippen LogP contribution in [0.5, 0.6) is 0 Å². The van der Waals surface area contributed by atoms with Gasteiger partial charge in [0.15, 0.2) is 0 Å². The molecule has 9 nitrogen and oxygen atoms in total. The highest BCUT2D eigenvalue weighted by atomic mass is 16.3. The molecule has 1 fully saturated rings. The average molecular weight is 461 g/mol. The fraction of sp³-hybridized carbons (Fsp3) is 0.583. The molecule has 1 aromatic carbocycles. The second-order valence-electron chi connectivity index (χ2n) is 9.21. The zero-order chi connectivity index (χ0) is 24.7. The summed E-state index contributed by atoms with van der Waals surface area (Å²) >= 11 is 0. The number of nitrogens with zero attached hydrogens (tertiary/aromatic N) is 1. The van der Waals surface area contributed by atoms with E-state index >= 15 is 0 Å². The molecule has 1 aliphatic heterocycles. The molecule has 0 bridgehead atoms. The summed E-state index contributed by atoms with van der Waals surface area (Å²) in [7, 11) is 0. The molecule has 1 heterocycles. The van der Waals surface area contributed by atoms with Crippen molar-refractivity contribution < 1.29 is 24.3 Å². The Morgan fingerprint density at radius 3 is 2.30 bits per heavy atom. The molecule has 182 valence electrons. The van der Waals surface area contributed by atoms with Crippen LogP contribution in [0.25, 0.3) is 0 Å². The van der Waals surface area contributed by atoms with Gasteiger partial charge in [-0.3, -0.25) is 19.2 Å². The van der Waals surface area contributed by atoms with Crippen molar-refractivity contribution in [2.24, 2.45) is 5.92 Å². The smallest absolute Gasteiger partial charge is 0.245 e. The SMILES string of the molecule is CC(=O)N[C@@H](CC(C)C)C(=O)N[C@@H](C)C(=O)N1C[C@H](O)C[C@H]1C(=O)NCc1ccc(C)cc1. The van der Waals surface area contributed by atoms with E-state index in [-0.39, 0.29) is 30.7 Å². The zero-order valence-electron chi connectivity index (χ0n) is 20.1. The van der Waals surface area contributed by atoms with Crippen molar-refractivity contribution in [3.63, 3.8) is 0 Å². The number of carbonyl (C=O) groups excluding carboxylic acids is 4. The first-order chi connectivity index (χ1) is 15.5. The van der Waals surface area contributed by atoms with Gasteiger partial charge in [-0.1, -0.05) is 43.7 Å². The Bertz CT molecular complexity index is 855. The Morgan fingerprint density at radius 2 is 1.73 bits per heavy atom. The minimum atomic E-state index is -0.918. The quantitative estimate of drug-likeness (QED) is 0.430. The van der Waals surface area contributed by atoms with Crippen LogP contribution in [-0.2, 0) is 25.7 Å². The van der Waals surface area contributed by atoms with E-state index in [2.05, 4.69) is 16.0 Å². The van der Waals surface area contributed by atoms with Gasteiger partial charge in [0.25, 0.3) is 0 Å². The molecule has 0 aromatic heterocycles. The fourth-order valence-corrected chi connectivity index (χ4v) is 3.89. The van der Waals surface area contributed by atoms with E-state index in [0.29, 0.717) is 13.0 Å². The third-order valence-corrected chi connectivity index (χ3v) is 5.58. The molecule has 0 aliphatic carbocycles. The molecule has 1 aliphatic rings. The molecule has 2 rings (SSSR count). The second-order valence-corrected chi connectivity index (χ2v) is 9.21. The number of nitrogens with one attached hydrogen (secondary N) is 3. The first kappa shape index (κ1) is 26.3. The van der Waals surface area contributed by atoms with Crippen LogP contribution in [0.3, 0.4) is 0 Å². The van der Waals surface area contributed by atoms with Crippen molar-refractivity contribution >= 4 is 23.6 Å². The lowest BCUT2D eigenvalue weighted by Gasteiger charge is -2.28. The molecule has 4 amide bonds. The maximum absolute atomic E-state index is 13.1. The number of hydrogen-bond acceptors (Lipinski definition) is 5. The van der Waals surface area contributed by atoms with Gasteiger partial charge in [0.1, 0.15) is 18.1 Å². The molecule has 4 N–H and O–H groups in total. The monoisotopic (exact) mass is 460 g/mol. The van der Waals surface area contributed by atoms with Crippen molar-refractivity contribution in [2.45, 2.75) is 78.2 Å². The Hall–Kier alpha value is -2.94. The van der Waals surface area contributed by atoms with E-state index in [1.165, 1.54) is 18.7 Å². The minimum absolute atomic E-state index is 0.0166. The van der Waals surface area contributed by atoms with Crippen LogP contribution >= 0.6 is 0 Å². The summed E-state index contributed by atoms with van der Waals surface area (Å²) in [6, 6.07) is 5.25. The number of likely N-dealkylation sites (tertiary alicyclic amines) is 1. The fourth-order valence-electron chi connectivity index (χ4n) is 3.89. The van der Waals surface area contributed by atoms with Crippen LogP contribution in [0.2, 0.25) is 0 Å². The summed E-state index contributed by atoms with van der Waals surface area (Å²) < 4.78 is 0. The number of amides is 4. The Kier molecular flexibility index (Phi) is 9.40. The third kappa shape index (κ3) is 7.85. The van der Waals surface area contributed by atoms with Gasteiger partial charge in [0.2, 0.25) is 23.6 Å². The number of β-amino-alcohol motifs (C(OH)–C–C–N with tert-alkyl or cyclic N) is 1. The van der Waals surface area contributed by atoms with Gasteiger partial charge in [-0.15, -0.1) is 0 Å². The van der Waals surface area contributed by atoms with Crippen molar-refractivity contribution in [3.05, 3.63) is 35.4 Å². The van der Waals surface area contributed by atoms with Crippen LogP contribution in [0.15, 0.2) is 24.3 Å². The first-order valence-corrected chi connectivity index (χ1v) is 11.4. The van der Waals surface area contributed by atoms with E-state index in [1.807, 2.05) is 45.0 Å². The molecule has 4 atom stereocenters. The topological polar surface area (TPSA) is 128 Å². The summed E-state index contributed by atoms with van der Waals surface area (Å²) in [4.78, 5) is 51.3. The maximum atomic E-state index is 13.1. The van der Waals surface area contributed by atoms with Crippen LogP contribution in [0.4, 0.5) is 0 Å². The van der Waals surface area contributed by atoms with Gasteiger partial charge in [-0.05, 0) is 31.7 Å². The molecular weight excluding hydrogens is 424 g/mol. The molecular formula is C24H36N4O5. The zero-order valence-corrected chi connectivity index (χ0v) is 20.1. The molecule has 1 saturated heterocycles. The highest BCUT2D eigenvalue weighted by Gasteiger charge is 2.40. The van der Waals surface area contributed by atoms with Crippen LogP contribution in [0, 0.1) is 12.8 Å². The molecule has 0 saturated carbocycles. The molecule has 0 spiro atoms. The predicted octanol–water partition coefficient (Wildman–Crippen LogP) is 0.629. The van der Waals surface area contributed by atoms with Crippen molar-refractivity contribution in [2.75, 3.05) is 6.54 Å². The van der Waals surface area contributed by atoms with E-state index < -0.39 is 36.0 Å². The lowest BCUT2D eigenvalue weighted by atomic mass is 10.0. The van der Waals surface area contributed by atoms with Crippen molar-refractivity contribution in [1.82, 2.24) is 20.9 Å². The predicted molar refractivity (Wildman–Crippen MR) is 124 cm³/mol. The summed E-state index contributed by atoms with van der Waals surface area (Å²) in [6.45, 7) is 9.04. The lowest BCUT2D eigenvalue weighted by molar-refractivity contribution is -0.141. The van der Waals surface area contributed by atoms with Gasteiger partial charge in [0, 0.05) is 26.4 Å². The third-order valence-electron chi connectivity index (χ3n) is 5.58. The highest BCUT2D eigenvalue weighted by molar-refractivity contribution is 5.94. The molecule has 9 heteroatoms. The van der Waals surface area contributed by atoms with E-state index in [9.17, 15) is 24.3 Å². The largest absolute Gasteiger partial charge is 0.391 e. The standard InChI is InChI=1S/C24H36N4O5/c1-14(2)10-20(27-17(5)29)22(31)26-16(4)24(33)28-13-19(30)11-21(28)23(32)25-12-18-8-6-15(3)7-9-18/h6-9,14,16,19-21,30H,10-13H2,1-5H3,(H,25,32)(H,26,31)(H,27,29)/t16-,19+,20-,21-/m0/s1. The number of rotatable bonds is 9. The number of aliphatic hydroxyl groups is 1. The molecule has 33 heavy (non-hydrogen) atoms. The number of aliphatic hydroxyl groups excluding tert-OH is 1.